The fourth-order valence-corrected chi connectivity index (χ4v) is 8.51. The molecule has 2 saturated heterocycles. The first-order valence-corrected chi connectivity index (χ1v) is 23.5. The van der Waals surface area contributed by atoms with Crippen LogP contribution in [0.4, 0.5) is 0 Å². The van der Waals surface area contributed by atoms with E-state index in [0.717, 1.165) is 33.4 Å². The molecule has 0 saturated carbocycles. The lowest BCUT2D eigenvalue weighted by Crippen LogP contribution is -2.64. The third-order valence-corrected chi connectivity index (χ3v) is 12.0. The normalized spacial score (nSPS) is 24.7. The number of rotatable bonds is 24. The van der Waals surface area contributed by atoms with Gasteiger partial charge in [-0.05, 0) is 33.4 Å². The molecule has 2 aliphatic heterocycles. The molecule has 0 N–H and O–H groups in total. The van der Waals surface area contributed by atoms with Crippen LogP contribution in [0, 0.1) is 0 Å². The zero-order valence-corrected chi connectivity index (χ0v) is 39.1. The maximum absolute atomic E-state index is 13.1. The lowest BCUT2D eigenvalue weighted by molar-refractivity contribution is -0.347. The topological polar surface area (TPSA) is 119 Å². The summed E-state index contributed by atoms with van der Waals surface area (Å²) in [6, 6.07) is 59.3. The van der Waals surface area contributed by atoms with Gasteiger partial charge < -0.3 is 52.1 Å². The number of ether oxygens (including phenoxy) is 11. The molecule has 6 aromatic rings. The van der Waals surface area contributed by atoms with Crippen LogP contribution in [0.5, 0.6) is 0 Å². The molecule has 2 fully saturated rings. The minimum absolute atomic E-state index is 0.100. The zero-order chi connectivity index (χ0) is 47.5. The van der Waals surface area contributed by atoms with E-state index in [1.165, 1.54) is 6.92 Å². The van der Waals surface area contributed by atoms with E-state index >= 15 is 0 Å². The van der Waals surface area contributed by atoms with Gasteiger partial charge >= 0.3 is 5.97 Å². The van der Waals surface area contributed by atoms with Gasteiger partial charge in [-0.25, -0.2) is 0 Å². The van der Waals surface area contributed by atoms with Crippen molar-refractivity contribution in [3.63, 3.8) is 0 Å². The summed E-state index contributed by atoms with van der Waals surface area (Å²) in [6.45, 7) is 2.90. The van der Waals surface area contributed by atoms with E-state index < -0.39 is 67.4 Å². The van der Waals surface area contributed by atoms with Gasteiger partial charge in [-0.2, -0.15) is 0 Å². The van der Waals surface area contributed by atoms with Gasteiger partial charge in [0.25, 0.3) is 0 Å². The number of carbonyl (C=O) groups is 1. The van der Waals surface area contributed by atoms with E-state index in [-0.39, 0.29) is 46.2 Å². The van der Waals surface area contributed by atoms with Crippen LogP contribution in [0.25, 0.3) is 0 Å². The zero-order valence-electron chi connectivity index (χ0n) is 39.1. The van der Waals surface area contributed by atoms with E-state index in [4.69, 9.17) is 52.1 Å². The van der Waals surface area contributed by atoms with Crippen molar-refractivity contribution in [2.75, 3.05) is 20.3 Å². The summed E-state index contributed by atoms with van der Waals surface area (Å²) in [6.07, 6.45) is -8.53. The van der Waals surface area contributed by atoms with Gasteiger partial charge in [-0.3, -0.25) is 4.79 Å². The van der Waals surface area contributed by atoms with Gasteiger partial charge in [0.1, 0.15) is 42.7 Å². The minimum Gasteiger partial charge on any atom is -0.454 e. The molecule has 8 rings (SSSR count). The molecule has 0 radical (unpaired) electrons. The Labute approximate surface area is 405 Å². The van der Waals surface area contributed by atoms with Crippen LogP contribution >= 0.6 is 0 Å². The molecule has 6 aromatic carbocycles. The number of methoxy groups -OCH3 is 1. The Hall–Kier alpha value is -5.61. The summed E-state index contributed by atoms with van der Waals surface area (Å²) < 4.78 is 72.9. The molecule has 12 heteroatoms. The number of hydrogen-bond acceptors (Lipinski definition) is 12. The van der Waals surface area contributed by atoms with Crippen molar-refractivity contribution in [2.24, 2.45) is 0 Å². The highest BCUT2D eigenvalue weighted by molar-refractivity contribution is 5.66. The van der Waals surface area contributed by atoms with E-state index in [1.807, 2.05) is 182 Å². The third-order valence-electron chi connectivity index (χ3n) is 12.0. The second kappa shape index (κ2) is 26.4. The standard InChI is InChI=1S/C57H62O12/c1-41(58)67-55-53(64-37-46-29-17-7-18-30-46)50(61-34-43-23-11-4-12-24-43)48(39-60-33-42-21-9-3-10-22-42)69-57(55)66-40-49-51(62-35-44-25-13-5-14-26-44)52(63-36-45-27-15-6-16-28-45)54(56(59-2)68-49)65-38-47-31-19-8-20-32-47/h3-32,48-57H,33-40H2,1-2H3/t48-,49-,50+,51-,52+,53+,54+,55-,56+,57-/m1/s1. The molecule has 0 bridgehead atoms. The predicted octanol–water partition coefficient (Wildman–Crippen LogP) is 9.17. The van der Waals surface area contributed by atoms with Gasteiger partial charge in [0.2, 0.25) is 0 Å². The first kappa shape index (κ1) is 49.8. The monoisotopic (exact) mass is 938 g/mol. The molecule has 0 spiro atoms. The van der Waals surface area contributed by atoms with Crippen molar-refractivity contribution in [3.05, 3.63) is 215 Å². The van der Waals surface area contributed by atoms with Gasteiger partial charge in [-0.1, -0.05) is 182 Å². The Bertz CT molecular complexity index is 2350. The molecule has 12 nitrogen and oxygen atoms in total. The van der Waals surface area contributed by atoms with Crippen LogP contribution in [0.3, 0.4) is 0 Å². The second-order valence-corrected chi connectivity index (χ2v) is 17.0. The van der Waals surface area contributed by atoms with Crippen LogP contribution in [0.1, 0.15) is 40.3 Å². The summed E-state index contributed by atoms with van der Waals surface area (Å²) >= 11 is 0. The molecule has 10 atom stereocenters. The Balaban J connectivity index is 1.11. The maximum atomic E-state index is 13.1. The molecule has 0 unspecified atom stereocenters. The summed E-state index contributed by atoms with van der Waals surface area (Å²) in [5.74, 6) is -0.545. The molecule has 2 aliphatic rings. The van der Waals surface area contributed by atoms with Crippen LogP contribution < -0.4 is 0 Å². The number of benzene rings is 6. The fraction of sp³-hybridized carbons (Fsp3) is 0.351. The van der Waals surface area contributed by atoms with Crippen LogP contribution in [-0.2, 0) is 96.5 Å². The van der Waals surface area contributed by atoms with Gasteiger partial charge in [0.15, 0.2) is 18.7 Å². The van der Waals surface area contributed by atoms with Gasteiger partial charge in [-0.15, -0.1) is 0 Å². The number of hydrogen-bond donors (Lipinski definition) is 0. The molecule has 69 heavy (non-hydrogen) atoms. The molecule has 0 amide bonds. The highest BCUT2D eigenvalue weighted by atomic mass is 16.8. The number of carbonyl (C=O) groups excluding carboxylic acids is 1. The van der Waals surface area contributed by atoms with Gasteiger partial charge in [0.05, 0.1) is 52.9 Å². The van der Waals surface area contributed by atoms with Crippen LogP contribution in [-0.4, -0.2) is 87.7 Å². The first-order chi connectivity index (χ1) is 34.0. The predicted molar refractivity (Wildman–Crippen MR) is 257 cm³/mol. The van der Waals surface area contributed by atoms with Crippen molar-refractivity contribution >= 4 is 5.97 Å². The second-order valence-electron chi connectivity index (χ2n) is 17.0. The smallest absolute Gasteiger partial charge is 0.303 e. The van der Waals surface area contributed by atoms with Crippen molar-refractivity contribution in [1.82, 2.24) is 0 Å². The number of esters is 1. The van der Waals surface area contributed by atoms with E-state index in [0.29, 0.717) is 6.61 Å². The molecule has 0 aromatic heterocycles. The maximum Gasteiger partial charge on any atom is 0.303 e. The summed E-state index contributed by atoms with van der Waals surface area (Å²) in [5, 5.41) is 0. The lowest BCUT2D eigenvalue weighted by atomic mass is 9.97. The summed E-state index contributed by atoms with van der Waals surface area (Å²) in [5.41, 5.74) is 5.77. The van der Waals surface area contributed by atoms with Crippen molar-refractivity contribution in [2.45, 2.75) is 108 Å². The SMILES string of the molecule is CO[C@H]1O[C@H](CO[C@@H]2O[C@H](COCc3ccccc3)[C@H](OCc3ccccc3)[C@H](OCc3ccccc3)[C@H]2OC(C)=O)[C@@H](OCc2ccccc2)[C@H](OCc2ccccc2)[C@@H]1OCc1ccccc1. The molecule has 362 valence electrons. The quantitative estimate of drug-likeness (QED) is 0.0539. The van der Waals surface area contributed by atoms with E-state index in [2.05, 4.69) is 0 Å². The molecule has 0 aliphatic carbocycles. The first-order valence-electron chi connectivity index (χ1n) is 23.5. The highest BCUT2D eigenvalue weighted by Crippen LogP contribution is 2.35. The van der Waals surface area contributed by atoms with Crippen LogP contribution in [0.15, 0.2) is 182 Å². The van der Waals surface area contributed by atoms with E-state index in [1.54, 1.807) is 7.11 Å². The average Bonchev–Trinajstić information content (AvgIpc) is 3.39. The van der Waals surface area contributed by atoms with Gasteiger partial charge in [0, 0.05) is 14.0 Å². The Kier molecular flexibility index (Phi) is 19.0. The average molecular weight is 939 g/mol. The summed E-state index contributed by atoms with van der Waals surface area (Å²) in [4.78, 5) is 13.1. The van der Waals surface area contributed by atoms with E-state index in [9.17, 15) is 4.79 Å². The lowest BCUT2D eigenvalue weighted by Gasteiger charge is -2.47. The fourth-order valence-electron chi connectivity index (χ4n) is 8.51. The highest BCUT2D eigenvalue weighted by Gasteiger charge is 2.53. The minimum atomic E-state index is -1.17. The Morgan fingerprint density at radius 2 is 0.696 bits per heavy atom. The largest absolute Gasteiger partial charge is 0.454 e. The van der Waals surface area contributed by atoms with Crippen molar-refractivity contribution in [3.8, 4) is 0 Å². The Morgan fingerprint density at radius 1 is 0.377 bits per heavy atom. The summed E-state index contributed by atoms with van der Waals surface area (Å²) in [7, 11) is 1.58. The third kappa shape index (κ3) is 14.7. The van der Waals surface area contributed by atoms with Crippen LogP contribution in [0.2, 0.25) is 0 Å². The molecule has 2 heterocycles. The molecular formula is C57H62O12. The van der Waals surface area contributed by atoms with Crippen molar-refractivity contribution in [1.29, 1.82) is 0 Å². The molecular weight excluding hydrogens is 877 g/mol. The Morgan fingerprint density at radius 3 is 1.07 bits per heavy atom. The van der Waals surface area contributed by atoms with Crippen molar-refractivity contribution < 1.29 is 56.9 Å².